The molecule has 4 heteroatoms. The van der Waals surface area contributed by atoms with E-state index in [0.717, 1.165) is 0 Å². The highest BCUT2D eigenvalue weighted by molar-refractivity contribution is 5.97. The summed E-state index contributed by atoms with van der Waals surface area (Å²) in [6.07, 6.45) is 0. The minimum absolute atomic E-state index is 0.485. The SMILES string of the molecule is CC(C)(O)C(=O)Nc1ccccc1Oc1ccccc1. The summed E-state index contributed by atoms with van der Waals surface area (Å²) in [5, 5.41) is 12.3. The lowest BCUT2D eigenvalue weighted by molar-refractivity contribution is -0.130. The zero-order valence-corrected chi connectivity index (χ0v) is 11.5. The second-order valence-corrected chi connectivity index (χ2v) is 4.92. The summed E-state index contributed by atoms with van der Waals surface area (Å²) in [6.45, 7) is 2.87. The smallest absolute Gasteiger partial charge is 0.255 e. The molecule has 0 aliphatic rings. The maximum atomic E-state index is 11.8. The lowest BCUT2D eigenvalue weighted by Gasteiger charge is -2.18. The molecule has 0 heterocycles. The van der Waals surface area contributed by atoms with Crippen LogP contribution in [0.4, 0.5) is 5.69 Å². The standard InChI is InChI=1S/C16H17NO3/c1-16(2,19)15(18)17-13-10-6-7-11-14(13)20-12-8-4-3-5-9-12/h3-11,19H,1-2H3,(H,17,18). The second kappa shape index (κ2) is 5.75. The van der Waals surface area contributed by atoms with Crippen LogP contribution in [0.5, 0.6) is 11.5 Å². The summed E-state index contributed by atoms with van der Waals surface area (Å²) >= 11 is 0. The topological polar surface area (TPSA) is 58.6 Å². The Labute approximate surface area is 118 Å². The van der Waals surface area contributed by atoms with E-state index in [-0.39, 0.29) is 0 Å². The molecule has 0 bridgehead atoms. The Kier molecular flexibility index (Phi) is 4.05. The highest BCUT2D eigenvalue weighted by Crippen LogP contribution is 2.29. The number of aliphatic hydroxyl groups is 1. The van der Waals surface area contributed by atoms with Crippen molar-refractivity contribution in [3.05, 3.63) is 54.6 Å². The molecule has 0 saturated heterocycles. The molecular formula is C16H17NO3. The average molecular weight is 271 g/mol. The van der Waals surface area contributed by atoms with Gasteiger partial charge in [0.1, 0.15) is 11.4 Å². The number of rotatable bonds is 4. The van der Waals surface area contributed by atoms with Crippen molar-refractivity contribution in [2.45, 2.75) is 19.4 Å². The molecule has 2 aromatic carbocycles. The molecule has 0 radical (unpaired) electrons. The van der Waals surface area contributed by atoms with Crippen LogP contribution < -0.4 is 10.1 Å². The van der Waals surface area contributed by atoms with E-state index in [9.17, 15) is 9.90 Å². The molecule has 1 amide bonds. The van der Waals surface area contributed by atoms with Gasteiger partial charge in [-0.1, -0.05) is 30.3 Å². The first-order valence-corrected chi connectivity index (χ1v) is 6.32. The summed E-state index contributed by atoms with van der Waals surface area (Å²) in [7, 11) is 0. The number of ether oxygens (including phenoxy) is 1. The van der Waals surface area contributed by atoms with Gasteiger partial charge in [-0.15, -0.1) is 0 Å². The molecule has 0 atom stereocenters. The molecule has 0 saturated carbocycles. The van der Waals surface area contributed by atoms with Gasteiger partial charge in [-0.2, -0.15) is 0 Å². The molecule has 0 aliphatic carbocycles. The van der Waals surface area contributed by atoms with E-state index < -0.39 is 11.5 Å². The van der Waals surface area contributed by atoms with Crippen molar-refractivity contribution in [3.8, 4) is 11.5 Å². The summed E-state index contributed by atoms with van der Waals surface area (Å²) in [6, 6.07) is 16.4. The summed E-state index contributed by atoms with van der Waals surface area (Å²) in [5.41, 5.74) is -0.927. The third-order valence-electron chi connectivity index (χ3n) is 2.66. The van der Waals surface area contributed by atoms with Gasteiger partial charge in [0.15, 0.2) is 5.75 Å². The van der Waals surface area contributed by atoms with Crippen LogP contribution in [-0.4, -0.2) is 16.6 Å². The van der Waals surface area contributed by atoms with E-state index >= 15 is 0 Å². The fourth-order valence-electron chi connectivity index (χ4n) is 1.55. The van der Waals surface area contributed by atoms with Crippen LogP contribution in [0.3, 0.4) is 0 Å². The maximum absolute atomic E-state index is 11.8. The predicted octanol–water partition coefficient (Wildman–Crippen LogP) is 3.19. The fourth-order valence-corrected chi connectivity index (χ4v) is 1.55. The minimum atomic E-state index is -1.44. The van der Waals surface area contributed by atoms with E-state index in [0.29, 0.717) is 17.2 Å². The van der Waals surface area contributed by atoms with Crippen LogP contribution in [0.1, 0.15) is 13.8 Å². The highest BCUT2D eigenvalue weighted by atomic mass is 16.5. The van der Waals surface area contributed by atoms with E-state index in [1.807, 2.05) is 36.4 Å². The predicted molar refractivity (Wildman–Crippen MR) is 77.9 cm³/mol. The lowest BCUT2D eigenvalue weighted by Crippen LogP contribution is -2.36. The molecule has 0 unspecified atom stereocenters. The third-order valence-corrected chi connectivity index (χ3v) is 2.66. The van der Waals surface area contributed by atoms with E-state index in [4.69, 9.17) is 4.74 Å². The molecule has 104 valence electrons. The van der Waals surface area contributed by atoms with E-state index in [2.05, 4.69) is 5.32 Å². The molecule has 0 aliphatic heterocycles. The first-order valence-electron chi connectivity index (χ1n) is 6.32. The zero-order chi connectivity index (χ0) is 14.6. The van der Waals surface area contributed by atoms with Gasteiger partial charge >= 0.3 is 0 Å². The molecule has 20 heavy (non-hydrogen) atoms. The van der Waals surface area contributed by atoms with E-state index in [1.54, 1.807) is 18.2 Å². The van der Waals surface area contributed by atoms with Crippen molar-refractivity contribution < 1.29 is 14.6 Å². The number of carbonyl (C=O) groups is 1. The van der Waals surface area contributed by atoms with Gasteiger partial charge in [-0.25, -0.2) is 0 Å². The van der Waals surface area contributed by atoms with Crippen LogP contribution >= 0.6 is 0 Å². The quantitative estimate of drug-likeness (QED) is 0.897. The highest BCUT2D eigenvalue weighted by Gasteiger charge is 2.24. The van der Waals surface area contributed by atoms with Crippen molar-refractivity contribution in [1.29, 1.82) is 0 Å². The van der Waals surface area contributed by atoms with Gasteiger partial charge < -0.3 is 15.2 Å². The molecule has 0 spiro atoms. The molecule has 0 fully saturated rings. The number of para-hydroxylation sites is 3. The van der Waals surface area contributed by atoms with E-state index in [1.165, 1.54) is 13.8 Å². The van der Waals surface area contributed by atoms with Crippen LogP contribution in [0.2, 0.25) is 0 Å². The summed E-state index contributed by atoms with van der Waals surface area (Å²) < 4.78 is 5.73. The monoisotopic (exact) mass is 271 g/mol. The zero-order valence-electron chi connectivity index (χ0n) is 11.5. The summed E-state index contributed by atoms with van der Waals surface area (Å²) in [5.74, 6) is 0.718. The second-order valence-electron chi connectivity index (χ2n) is 4.92. The van der Waals surface area contributed by atoms with Crippen molar-refractivity contribution in [3.63, 3.8) is 0 Å². The number of amides is 1. The van der Waals surface area contributed by atoms with Gasteiger partial charge in [0.05, 0.1) is 5.69 Å². The normalized spacial score (nSPS) is 10.9. The molecule has 4 nitrogen and oxygen atoms in total. The maximum Gasteiger partial charge on any atom is 0.255 e. The van der Waals surface area contributed by atoms with Crippen molar-refractivity contribution >= 4 is 11.6 Å². The number of hydrogen-bond acceptors (Lipinski definition) is 3. The molecule has 2 aromatic rings. The van der Waals surface area contributed by atoms with Crippen molar-refractivity contribution in [1.82, 2.24) is 0 Å². The van der Waals surface area contributed by atoms with Crippen LogP contribution in [-0.2, 0) is 4.79 Å². The van der Waals surface area contributed by atoms with Gasteiger partial charge in [-0.05, 0) is 38.1 Å². The molecule has 0 aromatic heterocycles. The van der Waals surface area contributed by atoms with Crippen molar-refractivity contribution in [2.75, 3.05) is 5.32 Å². The molecular weight excluding hydrogens is 254 g/mol. The van der Waals surface area contributed by atoms with Crippen LogP contribution in [0, 0.1) is 0 Å². The summed E-state index contributed by atoms with van der Waals surface area (Å²) in [4.78, 5) is 11.8. The Morgan fingerprint density at radius 2 is 1.65 bits per heavy atom. The Balaban J connectivity index is 2.21. The number of anilines is 1. The number of benzene rings is 2. The Morgan fingerprint density at radius 3 is 2.30 bits per heavy atom. The molecule has 2 N–H and O–H groups in total. The average Bonchev–Trinajstić information content (AvgIpc) is 2.41. The lowest BCUT2D eigenvalue weighted by atomic mass is 10.1. The van der Waals surface area contributed by atoms with Gasteiger partial charge in [0.25, 0.3) is 5.91 Å². The van der Waals surface area contributed by atoms with Gasteiger partial charge in [0, 0.05) is 0 Å². The van der Waals surface area contributed by atoms with Gasteiger partial charge in [0.2, 0.25) is 0 Å². The van der Waals surface area contributed by atoms with Crippen LogP contribution in [0.15, 0.2) is 54.6 Å². The number of hydrogen-bond donors (Lipinski definition) is 2. The number of carbonyl (C=O) groups excluding carboxylic acids is 1. The fraction of sp³-hybridized carbons (Fsp3) is 0.188. The first-order chi connectivity index (χ1) is 9.47. The minimum Gasteiger partial charge on any atom is -0.455 e. The first kappa shape index (κ1) is 14.1. The van der Waals surface area contributed by atoms with Crippen LogP contribution in [0.25, 0.3) is 0 Å². The third kappa shape index (κ3) is 3.59. The Bertz CT molecular complexity index is 588. The largest absolute Gasteiger partial charge is 0.455 e. The Hall–Kier alpha value is -2.33. The Morgan fingerprint density at radius 1 is 1.05 bits per heavy atom. The number of nitrogens with one attached hydrogen (secondary N) is 1. The van der Waals surface area contributed by atoms with Gasteiger partial charge in [-0.3, -0.25) is 4.79 Å². The molecule has 2 rings (SSSR count). The van der Waals surface area contributed by atoms with Crippen molar-refractivity contribution in [2.24, 2.45) is 0 Å².